The Morgan fingerprint density at radius 1 is 1.07 bits per heavy atom. The number of ether oxygens (including phenoxy) is 1. The zero-order chi connectivity index (χ0) is 31.0. The summed E-state index contributed by atoms with van der Waals surface area (Å²) in [6.45, 7) is 5.00. The summed E-state index contributed by atoms with van der Waals surface area (Å²) >= 11 is 12.1. The summed E-state index contributed by atoms with van der Waals surface area (Å²) in [6, 6.07) is 7.78. The monoisotopic (exact) mass is 616 g/mol. The van der Waals surface area contributed by atoms with Gasteiger partial charge in [0.05, 0.1) is 21.8 Å². The van der Waals surface area contributed by atoms with Crippen LogP contribution in [0.4, 0.5) is 22.2 Å². The number of carbonyl (C=O) groups is 4. The molecule has 222 valence electrons. The first-order valence-electron chi connectivity index (χ1n) is 12.8. The molecule has 1 aromatic heterocycles. The number of aromatic nitrogens is 2. The minimum Gasteiger partial charge on any atom is -0.480 e. The first-order valence-corrected chi connectivity index (χ1v) is 13.6. The van der Waals surface area contributed by atoms with Crippen molar-refractivity contribution < 1.29 is 29.0 Å². The number of rotatable bonds is 12. The molecule has 0 unspecified atom stereocenters. The van der Waals surface area contributed by atoms with E-state index in [2.05, 4.69) is 20.6 Å². The lowest BCUT2D eigenvalue weighted by atomic mass is 10.1. The summed E-state index contributed by atoms with van der Waals surface area (Å²) in [5.41, 5.74) is 0.689. The minimum atomic E-state index is -1.18. The molecule has 0 bridgehead atoms. The number of aliphatic carboxylic acids is 1. The Labute approximate surface area is 252 Å². The highest BCUT2D eigenvalue weighted by Crippen LogP contribution is 2.28. The summed E-state index contributed by atoms with van der Waals surface area (Å²) in [4.78, 5) is 60.8. The topological polar surface area (TPSA) is 154 Å². The molecule has 0 radical (unpaired) electrons. The number of benzene rings is 2. The lowest BCUT2D eigenvalue weighted by Gasteiger charge is -2.22. The van der Waals surface area contributed by atoms with E-state index in [0.29, 0.717) is 36.6 Å². The fourth-order valence-corrected chi connectivity index (χ4v) is 4.10. The van der Waals surface area contributed by atoms with E-state index in [-0.39, 0.29) is 39.1 Å². The molecule has 0 aliphatic rings. The number of carbonyl (C=O) groups excluding carboxylic acids is 3. The maximum Gasteiger partial charge on any atom is 0.414 e. The van der Waals surface area contributed by atoms with Crippen LogP contribution in [0.5, 0.6) is 5.75 Å². The molecule has 1 heterocycles. The van der Waals surface area contributed by atoms with Crippen LogP contribution in [0.25, 0.3) is 0 Å². The van der Waals surface area contributed by atoms with Gasteiger partial charge in [-0.05, 0) is 43.7 Å². The molecule has 0 aliphatic carbocycles. The maximum absolute atomic E-state index is 13.2. The van der Waals surface area contributed by atoms with Gasteiger partial charge in [0.1, 0.15) is 17.5 Å². The molecular formula is C28H30Cl2N6O6. The van der Waals surface area contributed by atoms with Crippen LogP contribution < -0.4 is 20.3 Å². The van der Waals surface area contributed by atoms with E-state index >= 15 is 0 Å². The van der Waals surface area contributed by atoms with Crippen LogP contribution in [-0.2, 0) is 11.2 Å². The number of halogens is 2. The molecule has 0 aliphatic heterocycles. The van der Waals surface area contributed by atoms with Crippen LogP contribution in [0.15, 0.2) is 42.6 Å². The van der Waals surface area contributed by atoms with Gasteiger partial charge >= 0.3 is 12.1 Å². The molecule has 0 saturated heterocycles. The second-order valence-electron chi connectivity index (χ2n) is 9.18. The van der Waals surface area contributed by atoms with E-state index in [4.69, 9.17) is 27.9 Å². The van der Waals surface area contributed by atoms with Crippen molar-refractivity contribution in [2.75, 3.05) is 42.7 Å². The standard InChI is InChI=1S/C28H30Cl2N6O6/c1-5-36(6-2)27-31-14-23(33-25(38)19-13-21(30)20(29)12-17(19)15-37)24(34-27)32-22(26(39)40)11-16-7-9-18(10-8-16)42-28(41)35(3)4/h7-10,12-15,22H,5-6,11H2,1-4H3,(H,33,38)(H,39,40)(H,31,32,34)/t22-/m0/s1. The molecule has 0 spiro atoms. The number of hydrogen-bond acceptors (Lipinski definition) is 9. The summed E-state index contributed by atoms with van der Waals surface area (Å²) in [5.74, 6) is -1.20. The molecule has 0 saturated carbocycles. The Bertz CT molecular complexity index is 1460. The van der Waals surface area contributed by atoms with Gasteiger partial charge in [-0.15, -0.1) is 0 Å². The molecule has 2 aromatic carbocycles. The zero-order valence-corrected chi connectivity index (χ0v) is 24.9. The molecule has 12 nitrogen and oxygen atoms in total. The van der Waals surface area contributed by atoms with E-state index in [9.17, 15) is 24.3 Å². The van der Waals surface area contributed by atoms with Gasteiger partial charge in [-0.1, -0.05) is 35.3 Å². The highest BCUT2D eigenvalue weighted by atomic mass is 35.5. The van der Waals surface area contributed by atoms with Gasteiger partial charge in [0.25, 0.3) is 5.91 Å². The zero-order valence-electron chi connectivity index (χ0n) is 23.4. The average Bonchev–Trinajstić information content (AvgIpc) is 2.96. The molecule has 3 aromatic rings. The summed E-state index contributed by atoms with van der Waals surface area (Å²) in [7, 11) is 3.11. The lowest BCUT2D eigenvalue weighted by molar-refractivity contribution is -0.137. The van der Waals surface area contributed by atoms with Crippen molar-refractivity contribution in [1.82, 2.24) is 14.9 Å². The Balaban J connectivity index is 1.93. The van der Waals surface area contributed by atoms with E-state index < -0.39 is 24.0 Å². The number of carboxylic acids is 1. The van der Waals surface area contributed by atoms with Gasteiger partial charge in [0.15, 0.2) is 12.1 Å². The van der Waals surface area contributed by atoms with E-state index in [0.717, 1.165) is 0 Å². The van der Waals surface area contributed by atoms with Gasteiger partial charge in [0, 0.05) is 39.2 Å². The van der Waals surface area contributed by atoms with E-state index in [1.807, 2.05) is 18.7 Å². The van der Waals surface area contributed by atoms with Gasteiger partial charge in [-0.2, -0.15) is 4.98 Å². The molecule has 42 heavy (non-hydrogen) atoms. The Morgan fingerprint density at radius 2 is 1.71 bits per heavy atom. The minimum absolute atomic E-state index is 0.0141. The molecule has 14 heteroatoms. The second kappa shape index (κ2) is 14.5. The second-order valence-corrected chi connectivity index (χ2v) is 9.99. The fourth-order valence-electron chi connectivity index (χ4n) is 3.77. The van der Waals surface area contributed by atoms with Gasteiger partial charge in [-0.25, -0.2) is 14.6 Å². The average molecular weight is 617 g/mol. The molecule has 3 N–H and O–H groups in total. The number of aldehydes is 1. The first-order chi connectivity index (χ1) is 20.0. The largest absolute Gasteiger partial charge is 0.480 e. The number of carboxylic acid groups (broad SMARTS) is 1. The highest BCUT2D eigenvalue weighted by Gasteiger charge is 2.23. The van der Waals surface area contributed by atoms with Crippen LogP contribution in [-0.4, -0.2) is 77.5 Å². The number of hydrogen-bond donors (Lipinski definition) is 3. The third-order valence-electron chi connectivity index (χ3n) is 6.08. The quantitative estimate of drug-likeness (QED) is 0.240. The van der Waals surface area contributed by atoms with Crippen LogP contribution >= 0.6 is 23.2 Å². The predicted octanol–water partition coefficient (Wildman–Crippen LogP) is 4.86. The summed E-state index contributed by atoms with van der Waals surface area (Å²) in [6.07, 6.45) is 1.31. The number of nitrogens with zero attached hydrogens (tertiary/aromatic N) is 4. The summed E-state index contributed by atoms with van der Waals surface area (Å²) < 4.78 is 5.21. The van der Waals surface area contributed by atoms with Crippen LogP contribution in [0, 0.1) is 0 Å². The fraction of sp³-hybridized carbons (Fsp3) is 0.286. The van der Waals surface area contributed by atoms with Crippen molar-refractivity contribution in [3.63, 3.8) is 0 Å². The van der Waals surface area contributed by atoms with Gasteiger partial charge < -0.3 is 30.3 Å². The molecule has 3 rings (SSSR count). The van der Waals surface area contributed by atoms with Crippen molar-refractivity contribution in [3.8, 4) is 5.75 Å². The molecular weight excluding hydrogens is 587 g/mol. The predicted molar refractivity (Wildman–Crippen MR) is 160 cm³/mol. The van der Waals surface area contributed by atoms with Crippen LogP contribution in [0.2, 0.25) is 10.0 Å². The number of nitrogens with one attached hydrogen (secondary N) is 2. The van der Waals surface area contributed by atoms with Crippen LogP contribution in [0.1, 0.15) is 40.1 Å². The number of anilines is 3. The Kier molecular flexibility index (Phi) is 11.1. The van der Waals surface area contributed by atoms with Crippen molar-refractivity contribution in [2.45, 2.75) is 26.3 Å². The molecule has 0 fully saturated rings. The lowest BCUT2D eigenvalue weighted by Crippen LogP contribution is -2.33. The Morgan fingerprint density at radius 3 is 2.29 bits per heavy atom. The highest BCUT2D eigenvalue weighted by molar-refractivity contribution is 6.42. The normalized spacial score (nSPS) is 11.3. The SMILES string of the molecule is CCN(CC)c1ncc(NC(=O)c2cc(Cl)c(Cl)cc2C=O)c(N[C@@H](Cc2ccc(OC(=O)N(C)C)cc2)C(=O)O)n1. The summed E-state index contributed by atoms with van der Waals surface area (Å²) in [5, 5.41) is 15.8. The molecule has 2 amide bonds. The Hall–Kier alpha value is -4.42. The van der Waals surface area contributed by atoms with Gasteiger partial charge in [0.2, 0.25) is 5.95 Å². The first kappa shape index (κ1) is 32.1. The number of amides is 2. The van der Waals surface area contributed by atoms with E-state index in [1.165, 1.54) is 23.2 Å². The van der Waals surface area contributed by atoms with Crippen molar-refractivity contribution in [2.24, 2.45) is 0 Å². The molecule has 1 atom stereocenters. The van der Waals surface area contributed by atoms with Crippen molar-refractivity contribution in [1.29, 1.82) is 0 Å². The van der Waals surface area contributed by atoms with E-state index in [1.54, 1.807) is 38.4 Å². The maximum atomic E-state index is 13.2. The third-order valence-corrected chi connectivity index (χ3v) is 6.80. The van der Waals surface area contributed by atoms with Crippen LogP contribution in [0.3, 0.4) is 0 Å². The smallest absolute Gasteiger partial charge is 0.414 e. The third kappa shape index (κ3) is 8.08. The van der Waals surface area contributed by atoms with Crippen molar-refractivity contribution >= 4 is 64.9 Å². The van der Waals surface area contributed by atoms with Crippen molar-refractivity contribution in [3.05, 3.63) is 69.3 Å². The van der Waals surface area contributed by atoms with Gasteiger partial charge in [-0.3, -0.25) is 9.59 Å².